The van der Waals surface area contributed by atoms with Crippen molar-refractivity contribution in [3.8, 4) is 0 Å². The van der Waals surface area contributed by atoms with Crippen LogP contribution in [0, 0.1) is 17.0 Å². The van der Waals surface area contributed by atoms with Gasteiger partial charge in [-0.1, -0.05) is 0 Å². The lowest BCUT2D eigenvalue weighted by atomic mass is 10.2. The van der Waals surface area contributed by atoms with Crippen molar-refractivity contribution in [2.75, 3.05) is 31.5 Å². The van der Waals surface area contributed by atoms with Crippen LogP contribution in [0.4, 0.5) is 11.5 Å². The predicted molar refractivity (Wildman–Crippen MR) is 77.5 cm³/mol. The Balaban J connectivity index is 1.96. The molecule has 0 unspecified atom stereocenters. The summed E-state index contributed by atoms with van der Waals surface area (Å²) in [4.78, 5) is 16.9. The third-order valence-electron chi connectivity index (χ3n) is 3.35. The maximum absolute atomic E-state index is 10.8. The van der Waals surface area contributed by atoms with Crippen LogP contribution in [-0.4, -0.2) is 41.0 Å². The van der Waals surface area contributed by atoms with E-state index in [1.807, 2.05) is 0 Å². The monoisotopic (exact) mass is 328 g/mol. The van der Waals surface area contributed by atoms with Crippen molar-refractivity contribution < 1.29 is 4.92 Å². The van der Waals surface area contributed by atoms with E-state index in [4.69, 9.17) is 0 Å². The minimum Gasteiger partial charge on any atom is -0.368 e. The second-order valence-corrected chi connectivity index (χ2v) is 5.46. The van der Waals surface area contributed by atoms with Crippen molar-refractivity contribution in [3.63, 3.8) is 0 Å². The number of likely N-dealkylation sites (tertiary alicyclic amines) is 1. The van der Waals surface area contributed by atoms with E-state index >= 15 is 0 Å². The van der Waals surface area contributed by atoms with Crippen LogP contribution in [-0.2, 0) is 0 Å². The zero-order valence-electron chi connectivity index (χ0n) is 10.9. The number of nitrogens with one attached hydrogen (secondary N) is 1. The van der Waals surface area contributed by atoms with Gasteiger partial charge in [0.25, 0.3) is 5.69 Å². The van der Waals surface area contributed by atoms with Crippen LogP contribution in [0.1, 0.15) is 18.4 Å². The quantitative estimate of drug-likeness (QED) is 0.664. The lowest BCUT2D eigenvalue weighted by Crippen LogP contribution is -2.26. The van der Waals surface area contributed by atoms with Gasteiger partial charge in [0.2, 0.25) is 0 Å². The normalized spacial score (nSPS) is 15.7. The van der Waals surface area contributed by atoms with Gasteiger partial charge in [0.1, 0.15) is 12.0 Å². The molecule has 1 aromatic rings. The van der Waals surface area contributed by atoms with Gasteiger partial charge in [-0.25, -0.2) is 4.98 Å². The van der Waals surface area contributed by atoms with Crippen LogP contribution in [0.15, 0.2) is 10.7 Å². The fourth-order valence-electron chi connectivity index (χ4n) is 2.22. The van der Waals surface area contributed by atoms with Gasteiger partial charge in [-0.15, -0.1) is 0 Å². The van der Waals surface area contributed by atoms with Crippen molar-refractivity contribution in [3.05, 3.63) is 26.3 Å². The van der Waals surface area contributed by atoms with E-state index in [0.717, 1.165) is 26.2 Å². The number of nitro groups is 1. The molecule has 1 aliphatic heterocycles. The van der Waals surface area contributed by atoms with Crippen LogP contribution >= 0.6 is 15.9 Å². The van der Waals surface area contributed by atoms with Crippen molar-refractivity contribution >= 4 is 27.4 Å². The molecule has 1 aromatic heterocycles. The van der Waals surface area contributed by atoms with Crippen molar-refractivity contribution in [1.29, 1.82) is 0 Å². The van der Waals surface area contributed by atoms with Gasteiger partial charge in [0, 0.05) is 18.7 Å². The third kappa shape index (κ3) is 3.42. The molecular formula is C12H17BrN4O2. The number of hydrogen-bond donors (Lipinski definition) is 1. The molecule has 1 aliphatic rings. The average Bonchev–Trinajstić information content (AvgIpc) is 2.87. The number of anilines is 1. The highest BCUT2D eigenvalue weighted by molar-refractivity contribution is 9.10. The number of nitrogens with zero attached hydrogens (tertiary/aromatic N) is 3. The van der Waals surface area contributed by atoms with Gasteiger partial charge < -0.3 is 10.2 Å². The molecule has 0 radical (unpaired) electrons. The topological polar surface area (TPSA) is 71.3 Å². The van der Waals surface area contributed by atoms with E-state index < -0.39 is 4.92 Å². The molecule has 6 nitrogen and oxygen atoms in total. The van der Waals surface area contributed by atoms with Gasteiger partial charge in [-0.05, 0) is 48.8 Å². The highest BCUT2D eigenvalue weighted by Gasteiger charge is 2.17. The van der Waals surface area contributed by atoms with Crippen LogP contribution in [0.25, 0.3) is 0 Å². The molecule has 0 aliphatic carbocycles. The van der Waals surface area contributed by atoms with Gasteiger partial charge in [0.05, 0.1) is 9.40 Å². The van der Waals surface area contributed by atoms with Crippen LogP contribution in [0.5, 0.6) is 0 Å². The minimum absolute atomic E-state index is 0.0389. The SMILES string of the molecule is Cc1c([N+](=O)[O-])cnc(NCCN2CCCC2)c1Br. The summed E-state index contributed by atoms with van der Waals surface area (Å²) in [5.41, 5.74) is 0.639. The molecular weight excluding hydrogens is 312 g/mol. The second kappa shape index (κ2) is 6.29. The fourth-order valence-corrected chi connectivity index (χ4v) is 2.66. The minimum atomic E-state index is -0.416. The molecule has 0 bridgehead atoms. The zero-order valence-corrected chi connectivity index (χ0v) is 12.4. The first-order chi connectivity index (χ1) is 9.09. The first kappa shape index (κ1) is 14.2. The van der Waals surface area contributed by atoms with Crippen LogP contribution < -0.4 is 5.32 Å². The fraction of sp³-hybridized carbons (Fsp3) is 0.583. The van der Waals surface area contributed by atoms with E-state index in [-0.39, 0.29) is 5.69 Å². The lowest BCUT2D eigenvalue weighted by molar-refractivity contribution is -0.385. The Hall–Kier alpha value is -1.21. The van der Waals surface area contributed by atoms with Crippen LogP contribution in [0.2, 0.25) is 0 Å². The summed E-state index contributed by atoms with van der Waals surface area (Å²) in [6, 6.07) is 0. The Morgan fingerprint density at radius 1 is 1.53 bits per heavy atom. The molecule has 2 heterocycles. The summed E-state index contributed by atoms with van der Waals surface area (Å²) in [5.74, 6) is 0.669. The van der Waals surface area contributed by atoms with E-state index in [9.17, 15) is 10.1 Å². The van der Waals surface area contributed by atoms with Gasteiger partial charge in [0.15, 0.2) is 0 Å². The molecule has 1 N–H and O–H groups in total. The molecule has 7 heteroatoms. The Kier molecular flexibility index (Phi) is 4.71. The molecule has 1 saturated heterocycles. The first-order valence-corrected chi connectivity index (χ1v) is 7.14. The molecule has 0 aromatic carbocycles. The van der Waals surface area contributed by atoms with Crippen molar-refractivity contribution in [2.45, 2.75) is 19.8 Å². The Bertz CT molecular complexity index is 475. The van der Waals surface area contributed by atoms with E-state index in [0.29, 0.717) is 15.9 Å². The van der Waals surface area contributed by atoms with E-state index in [1.165, 1.54) is 19.0 Å². The Labute approximate surface area is 120 Å². The second-order valence-electron chi connectivity index (χ2n) is 4.66. The van der Waals surface area contributed by atoms with Crippen LogP contribution in [0.3, 0.4) is 0 Å². The van der Waals surface area contributed by atoms with Crippen molar-refractivity contribution in [1.82, 2.24) is 9.88 Å². The number of hydrogen-bond acceptors (Lipinski definition) is 5. The van der Waals surface area contributed by atoms with Gasteiger partial charge >= 0.3 is 0 Å². The Morgan fingerprint density at radius 2 is 2.21 bits per heavy atom. The molecule has 0 amide bonds. The average molecular weight is 329 g/mol. The summed E-state index contributed by atoms with van der Waals surface area (Å²) in [5, 5.41) is 14.0. The molecule has 2 rings (SSSR count). The third-order valence-corrected chi connectivity index (χ3v) is 4.32. The highest BCUT2D eigenvalue weighted by Crippen LogP contribution is 2.30. The first-order valence-electron chi connectivity index (χ1n) is 6.35. The number of halogens is 1. The largest absolute Gasteiger partial charge is 0.368 e. The molecule has 104 valence electrons. The summed E-state index contributed by atoms with van der Waals surface area (Å²) in [6.45, 7) is 5.81. The molecule has 19 heavy (non-hydrogen) atoms. The van der Waals surface area contributed by atoms with E-state index in [2.05, 4.69) is 31.1 Å². The van der Waals surface area contributed by atoms with Crippen molar-refractivity contribution in [2.24, 2.45) is 0 Å². The number of aromatic nitrogens is 1. The van der Waals surface area contributed by atoms with E-state index in [1.54, 1.807) is 6.92 Å². The number of pyridine rings is 1. The number of rotatable bonds is 5. The standard InChI is InChI=1S/C12H17BrN4O2/c1-9-10(17(18)19)8-15-12(11(9)13)14-4-7-16-5-2-3-6-16/h8H,2-7H2,1H3,(H,14,15). The predicted octanol–water partition coefficient (Wildman–Crippen LogP) is 2.57. The summed E-state index contributed by atoms with van der Waals surface area (Å²) in [6.07, 6.45) is 3.86. The highest BCUT2D eigenvalue weighted by atomic mass is 79.9. The zero-order chi connectivity index (χ0) is 13.8. The molecule has 0 saturated carbocycles. The smallest absolute Gasteiger partial charge is 0.291 e. The maximum Gasteiger partial charge on any atom is 0.291 e. The van der Waals surface area contributed by atoms with Gasteiger partial charge in [-0.2, -0.15) is 0 Å². The lowest BCUT2D eigenvalue weighted by Gasteiger charge is -2.15. The summed E-state index contributed by atoms with van der Waals surface area (Å²) < 4.78 is 0.670. The van der Waals surface area contributed by atoms with Gasteiger partial charge in [-0.3, -0.25) is 10.1 Å². The summed E-state index contributed by atoms with van der Waals surface area (Å²) in [7, 11) is 0. The molecule has 0 atom stereocenters. The maximum atomic E-state index is 10.8. The Morgan fingerprint density at radius 3 is 2.84 bits per heavy atom. The molecule has 1 fully saturated rings. The molecule has 0 spiro atoms. The summed E-state index contributed by atoms with van der Waals surface area (Å²) >= 11 is 3.37.